The fourth-order valence-corrected chi connectivity index (χ4v) is 3.13. The maximum atomic E-state index is 12.8. The first-order valence-electron chi connectivity index (χ1n) is 9.11. The number of fused-ring (bicyclic) bond motifs is 1. The Hall–Kier alpha value is -3.20. The number of benzene rings is 1. The Morgan fingerprint density at radius 1 is 1.37 bits per heavy atom. The van der Waals surface area contributed by atoms with E-state index in [2.05, 4.69) is 11.2 Å². The van der Waals surface area contributed by atoms with Gasteiger partial charge in [-0.05, 0) is 50.5 Å². The van der Waals surface area contributed by atoms with E-state index in [-0.39, 0.29) is 12.6 Å². The van der Waals surface area contributed by atoms with Crippen LogP contribution in [0.4, 0.5) is 0 Å². The van der Waals surface area contributed by atoms with Gasteiger partial charge in [0.05, 0.1) is 28.8 Å². The van der Waals surface area contributed by atoms with E-state index in [9.17, 15) is 4.79 Å². The van der Waals surface area contributed by atoms with E-state index in [4.69, 9.17) is 15.0 Å². The van der Waals surface area contributed by atoms with Crippen LogP contribution < -0.4 is 0 Å². The number of esters is 1. The first kappa shape index (κ1) is 17.2. The maximum absolute atomic E-state index is 12.8. The van der Waals surface area contributed by atoms with Gasteiger partial charge in [-0.2, -0.15) is 10.4 Å². The molecule has 1 fully saturated rings. The van der Waals surface area contributed by atoms with Gasteiger partial charge in [-0.25, -0.2) is 14.5 Å². The van der Waals surface area contributed by atoms with Crippen molar-refractivity contribution in [1.82, 2.24) is 14.8 Å². The summed E-state index contributed by atoms with van der Waals surface area (Å²) in [5.41, 5.74) is 3.50. The van der Waals surface area contributed by atoms with E-state index >= 15 is 0 Å². The van der Waals surface area contributed by atoms with Crippen LogP contribution in [0.2, 0.25) is 0 Å². The molecule has 0 saturated heterocycles. The molecule has 0 bridgehead atoms. The first-order chi connectivity index (χ1) is 13.1. The maximum Gasteiger partial charge on any atom is 0.339 e. The van der Waals surface area contributed by atoms with Crippen molar-refractivity contribution in [3.8, 4) is 6.07 Å². The number of carbonyl (C=O) groups is 1. The number of rotatable bonds is 5. The van der Waals surface area contributed by atoms with Gasteiger partial charge in [0.25, 0.3) is 0 Å². The molecule has 2 heterocycles. The lowest BCUT2D eigenvalue weighted by molar-refractivity contribution is 0.0475. The second kappa shape index (κ2) is 6.84. The Morgan fingerprint density at radius 2 is 2.19 bits per heavy atom. The minimum Gasteiger partial charge on any atom is -0.457 e. The molecule has 0 radical (unpaired) electrons. The fraction of sp³-hybridized carbons (Fsp3) is 0.333. The number of ether oxygens (including phenoxy) is 1. The lowest BCUT2D eigenvalue weighted by Gasteiger charge is -2.10. The van der Waals surface area contributed by atoms with E-state index in [0.29, 0.717) is 22.4 Å². The van der Waals surface area contributed by atoms with Gasteiger partial charge in [0, 0.05) is 17.7 Å². The molecule has 0 atom stereocenters. The Balaban J connectivity index is 1.65. The number of hydrogen-bond acceptors (Lipinski definition) is 5. The van der Waals surface area contributed by atoms with Gasteiger partial charge >= 0.3 is 5.97 Å². The van der Waals surface area contributed by atoms with E-state index in [1.807, 2.05) is 30.7 Å². The highest BCUT2D eigenvalue weighted by Gasteiger charge is 2.28. The number of aromatic nitrogens is 3. The van der Waals surface area contributed by atoms with Crippen LogP contribution in [0.3, 0.4) is 0 Å². The molecule has 136 valence electrons. The molecule has 2 aromatic heterocycles. The highest BCUT2D eigenvalue weighted by Crippen LogP contribution is 2.40. The van der Waals surface area contributed by atoms with Gasteiger partial charge in [0.1, 0.15) is 6.61 Å². The number of carbonyl (C=O) groups excluding carboxylic acids is 1. The van der Waals surface area contributed by atoms with Gasteiger partial charge < -0.3 is 4.74 Å². The lowest BCUT2D eigenvalue weighted by Crippen LogP contribution is -2.09. The molecular formula is C21H20N4O2. The third-order valence-corrected chi connectivity index (χ3v) is 4.72. The fourth-order valence-electron chi connectivity index (χ4n) is 3.13. The molecule has 27 heavy (non-hydrogen) atoms. The van der Waals surface area contributed by atoms with Crippen LogP contribution in [0.25, 0.3) is 11.0 Å². The Kier molecular flexibility index (Phi) is 4.36. The van der Waals surface area contributed by atoms with Crippen molar-refractivity contribution < 1.29 is 9.53 Å². The topological polar surface area (TPSA) is 80.8 Å². The van der Waals surface area contributed by atoms with Crippen molar-refractivity contribution >= 4 is 17.0 Å². The van der Waals surface area contributed by atoms with Gasteiger partial charge in [0.15, 0.2) is 5.65 Å². The number of nitrogens with zero attached hydrogens (tertiary/aromatic N) is 4. The van der Waals surface area contributed by atoms with Crippen LogP contribution in [-0.2, 0) is 11.3 Å². The first-order valence-corrected chi connectivity index (χ1v) is 9.11. The standard InChI is InChI=1S/C21H20N4O2/c1-13(2)25-20-18(11-23-25)17(9-19(24-20)16-6-7-16)21(26)27-12-15-5-3-4-14(8-15)10-22/h3-5,8-9,11,13,16H,6-7,12H2,1-2H3. The van der Waals surface area contributed by atoms with Crippen molar-refractivity contribution in [2.75, 3.05) is 0 Å². The average Bonchev–Trinajstić information content (AvgIpc) is 3.44. The molecule has 6 nitrogen and oxygen atoms in total. The van der Waals surface area contributed by atoms with Gasteiger partial charge in [-0.3, -0.25) is 0 Å². The molecule has 0 N–H and O–H groups in total. The van der Waals surface area contributed by atoms with Crippen LogP contribution in [-0.4, -0.2) is 20.7 Å². The molecule has 0 amide bonds. The van der Waals surface area contributed by atoms with Crippen molar-refractivity contribution in [2.24, 2.45) is 0 Å². The molecular weight excluding hydrogens is 340 g/mol. The number of pyridine rings is 1. The number of nitriles is 1. The third kappa shape index (κ3) is 3.41. The largest absolute Gasteiger partial charge is 0.457 e. The molecule has 0 unspecified atom stereocenters. The minimum atomic E-state index is -0.394. The normalized spacial score (nSPS) is 13.7. The van der Waals surface area contributed by atoms with E-state index in [1.165, 1.54) is 0 Å². The van der Waals surface area contributed by atoms with Gasteiger partial charge in [-0.15, -0.1) is 0 Å². The minimum absolute atomic E-state index is 0.120. The summed E-state index contributed by atoms with van der Waals surface area (Å²) in [4.78, 5) is 17.6. The molecule has 0 spiro atoms. The van der Waals surface area contributed by atoms with Crippen molar-refractivity contribution in [3.63, 3.8) is 0 Å². The zero-order chi connectivity index (χ0) is 19.0. The van der Waals surface area contributed by atoms with Crippen molar-refractivity contribution in [3.05, 3.63) is 58.9 Å². The molecule has 6 heteroatoms. The zero-order valence-corrected chi connectivity index (χ0v) is 15.3. The van der Waals surface area contributed by atoms with Crippen LogP contribution in [0.15, 0.2) is 36.5 Å². The molecule has 1 saturated carbocycles. The van der Waals surface area contributed by atoms with E-state index in [0.717, 1.165) is 29.7 Å². The molecule has 3 aromatic rings. The van der Waals surface area contributed by atoms with Gasteiger partial charge in [0.2, 0.25) is 0 Å². The van der Waals surface area contributed by atoms with Crippen LogP contribution in [0.5, 0.6) is 0 Å². The predicted molar refractivity (Wildman–Crippen MR) is 100 cm³/mol. The van der Waals surface area contributed by atoms with Crippen LogP contribution in [0.1, 0.15) is 65.8 Å². The second-order valence-electron chi connectivity index (χ2n) is 7.18. The van der Waals surface area contributed by atoms with Gasteiger partial charge in [-0.1, -0.05) is 12.1 Å². The summed E-state index contributed by atoms with van der Waals surface area (Å²) < 4.78 is 7.38. The molecule has 1 aliphatic carbocycles. The van der Waals surface area contributed by atoms with Crippen molar-refractivity contribution in [2.45, 2.75) is 45.3 Å². The van der Waals surface area contributed by atoms with Crippen LogP contribution in [0, 0.1) is 11.3 Å². The number of hydrogen-bond donors (Lipinski definition) is 0. The Morgan fingerprint density at radius 3 is 2.89 bits per heavy atom. The van der Waals surface area contributed by atoms with E-state index in [1.54, 1.807) is 24.4 Å². The smallest absolute Gasteiger partial charge is 0.339 e. The quantitative estimate of drug-likeness (QED) is 0.639. The molecule has 1 aromatic carbocycles. The highest BCUT2D eigenvalue weighted by atomic mass is 16.5. The summed E-state index contributed by atoms with van der Waals surface area (Å²) in [6.07, 6.45) is 3.89. The summed E-state index contributed by atoms with van der Waals surface area (Å²) in [5, 5.41) is 14.1. The van der Waals surface area contributed by atoms with E-state index < -0.39 is 5.97 Å². The Labute approximate surface area is 157 Å². The molecule has 1 aliphatic rings. The summed E-state index contributed by atoms with van der Waals surface area (Å²) in [7, 11) is 0. The average molecular weight is 360 g/mol. The van der Waals surface area contributed by atoms with Crippen molar-refractivity contribution in [1.29, 1.82) is 5.26 Å². The Bertz CT molecular complexity index is 1060. The SMILES string of the molecule is CC(C)n1ncc2c(C(=O)OCc3cccc(C#N)c3)cc(C3CC3)nc21. The summed E-state index contributed by atoms with van der Waals surface area (Å²) in [6.45, 7) is 4.20. The highest BCUT2D eigenvalue weighted by molar-refractivity contribution is 6.02. The van der Waals surface area contributed by atoms with Crippen LogP contribution >= 0.6 is 0 Å². The molecule has 4 rings (SSSR count). The third-order valence-electron chi connectivity index (χ3n) is 4.72. The lowest BCUT2D eigenvalue weighted by atomic mass is 10.1. The summed E-state index contributed by atoms with van der Waals surface area (Å²) >= 11 is 0. The zero-order valence-electron chi connectivity index (χ0n) is 15.3. The summed E-state index contributed by atoms with van der Waals surface area (Å²) in [6, 6.07) is 11.2. The molecule has 0 aliphatic heterocycles. The predicted octanol–water partition coefficient (Wildman–Crippen LogP) is 4.12. The summed E-state index contributed by atoms with van der Waals surface area (Å²) in [5.74, 6) is 0.0266. The second-order valence-corrected chi connectivity index (χ2v) is 7.18. The monoisotopic (exact) mass is 360 g/mol.